The molecular weight excluding hydrogens is 312 g/mol. The average Bonchev–Trinajstić information content (AvgIpc) is 2.94. The summed E-state index contributed by atoms with van der Waals surface area (Å²) in [5.74, 6) is 0. The van der Waals surface area contributed by atoms with Gasteiger partial charge in [0, 0.05) is 31.4 Å². The minimum Gasteiger partial charge on any atom is -0.331 e. The molecule has 0 saturated carbocycles. The third-order valence-electron chi connectivity index (χ3n) is 4.96. The van der Waals surface area contributed by atoms with Crippen LogP contribution in [-0.4, -0.2) is 33.8 Å². The highest BCUT2D eigenvalue weighted by Crippen LogP contribution is 2.23. The van der Waals surface area contributed by atoms with Crippen molar-refractivity contribution in [2.24, 2.45) is 7.05 Å². The summed E-state index contributed by atoms with van der Waals surface area (Å²) in [4.78, 5) is 14.4. The van der Waals surface area contributed by atoms with E-state index in [4.69, 9.17) is 0 Å². The molecule has 1 aromatic carbocycles. The molecule has 3 rings (SSSR count). The number of carbonyl (C=O) groups excluding carboxylic acids is 1. The van der Waals surface area contributed by atoms with Gasteiger partial charge in [-0.15, -0.1) is 0 Å². The van der Waals surface area contributed by atoms with E-state index in [1.807, 2.05) is 36.7 Å². The molecule has 1 unspecified atom stereocenters. The zero-order chi connectivity index (χ0) is 18.0. The molecular formula is C20H26N4O. The largest absolute Gasteiger partial charge is 0.331 e. The van der Waals surface area contributed by atoms with Gasteiger partial charge in [-0.05, 0) is 38.3 Å². The van der Waals surface area contributed by atoms with Gasteiger partial charge in [-0.25, -0.2) is 4.79 Å². The Labute approximate surface area is 149 Å². The Balaban J connectivity index is 1.62. The lowest BCUT2D eigenvalue weighted by atomic mass is 9.98. The number of hydrogen-bond donors (Lipinski definition) is 1. The molecule has 0 bridgehead atoms. The van der Waals surface area contributed by atoms with Crippen molar-refractivity contribution in [1.82, 2.24) is 20.0 Å². The number of amides is 2. The van der Waals surface area contributed by atoms with Gasteiger partial charge in [0.25, 0.3) is 0 Å². The molecule has 0 fully saturated rings. The molecule has 1 aromatic heterocycles. The summed E-state index contributed by atoms with van der Waals surface area (Å²) >= 11 is 0. The highest BCUT2D eigenvalue weighted by Gasteiger charge is 2.21. The summed E-state index contributed by atoms with van der Waals surface area (Å²) in [6.45, 7) is 7.51. The normalized spacial score (nSPS) is 15.7. The van der Waals surface area contributed by atoms with Gasteiger partial charge in [-0.1, -0.05) is 35.9 Å². The van der Waals surface area contributed by atoms with Crippen molar-refractivity contribution in [3.05, 3.63) is 58.9 Å². The Morgan fingerprint density at radius 3 is 2.72 bits per heavy atom. The van der Waals surface area contributed by atoms with Gasteiger partial charge >= 0.3 is 6.03 Å². The first-order valence-electron chi connectivity index (χ1n) is 8.75. The number of carbonyl (C=O) groups is 1. The number of rotatable bonds is 3. The predicted molar refractivity (Wildman–Crippen MR) is 100 cm³/mol. The van der Waals surface area contributed by atoms with Gasteiger partial charge in [0.1, 0.15) is 0 Å². The SMILES string of the molecule is Cc1cccc(C2=CCN(C(=O)NC(C)c3cnn(C)c3C)CC2)c1. The Morgan fingerprint density at radius 2 is 2.12 bits per heavy atom. The van der Waals surface area contributed by atoms with Crippen molar-refractivity contribution in [3.8, 4) is 0 Å². The minimum atomic E-state index is -0.0525. The van der Waals surface area contributed by atoms with E-state index in [-0.39, 0.29) is 12.1 Å². The van der Waals surface area contributed by atoms with E-state index in [0.717, 1.165) is 24.2 Å². The maximum atomic E-state index is 12.6. The third-order valence-corrected chi connectivity index (χ3v) is 4.96. The number of nitrogens with one attached hydrogen (secondary N) is 1. The minimum absolute atomic E-state index is 0.0182. The number of nitrogens with zero attached hydrogens (tertiary/aromatic N) is 3. The van der Waals surface area contributed by atoms with Crippen LogP contribution in [0.2, 0.25) is 0 Å². The van der Waals surface area contributed by atoms with Crippen molar-refractivity contribution >= 4 is 11.6 Å². The summed E-state index contributed by atoms with van der Waals surface area (Å²) in [7, 11) is 1.91. The smallest absolute Gasteiger partial charge is 0.318 e. The summed E-state index contributed by atoms with van der Waals surface area (Å²) in [6.07, 6.45) is 4.88. The first-order valence-corrected chi connectivity index (χ1v) is 8.75. The highest BCUT2D eigenvalue weighted by atomic mass is 16.2. The van der Waals surface area contributed by atoms with Crippen molar-refractivity contribution in [1.29, 1.82) is 0 Å². The van der Waals surface area contributed by atoms with Crippen molar-refractivity contribution in [2.75, 3.05) is 13.1 Å². The molecule has 0 saturated heterocycles. The molecule has 0 radical (unpaired) electrons. The van der Waals surface area contributed by atoms with Crippen LogP contribution in [0.3, 0.4) is 0 Å². The van der Waals surface area contributed by atoms with Gasteiger partial charge in [-0.2, -0.15) is 5.10 Å². The lowest BCUT2D eigenvalue weighted by molar-refractivity contribution is 0.199. The quantitative estimate of drug-likeness (QED) is 0.930. The molecule has 2 heterocycles. The number of aryl methyl sites for hydroxylation is 2. The zero-order valence-electron chi connectivity index (χ0n) is 15.4. The molecule has 2 amide bonds. The Hall–Kier alpha value is -2.56. The fourth-order valence-corrected chi connectivity index (χ4v) is 3.26. The van der Waals surface area contributed by atoms with Gasteiger partial charge in [0.15, 0.2) is 0 Å². The summed E-state index contributed by atoms with van der Waals surface area (Å²) < 4.78 is 1.83. The number of aromatic nitrogens is 2. The fraction of sp³-hybridized carbons (Fsp3) is 0.400. The molecule has 1 aliphatic heterocycles. The van der Waals surface area contributed by atoms with Crippen LogP contribution in [0.15, 0.2) is 36.5 Å². The van der Waals surface area contributed by atoms with E-state index in [1.165, 1.54) is 16.7 Å². The lowest BCUT2D eigenvalue weighted by Gasteiger charge is -2.28. The van der Waals surface area contributed by atoms with E-state index in [0.29, 0.717) is 6.54 Å². The molecule has 0 spiro atoms. The first kappa shape index (κ1) is 17.3. The average molecular weight is 338 g/mol. The van der Waals surface area contributed by atoms with Gasteiger partial charge in [0.2, 0.25) is 0 Å². The molecule has 25 heavy (non-hydrogen) atoms. The number of hydrogen-bond acceptors (Lipinski definition) is 2. The van der Waals surface area contributed by atoms with Crippen LogP contribution in [0.5, 0.6) is 0 Å². The Morgan fingerprint density at radius 1 is 1.32 bits per heavy atom. The zero-order valence-corrected chi connectivity index (χ0v) is 15.4. The molecule has 0 aliphatic carbocycles. The maximum Gasteiger partial charge on any atom is 0.318 e. The Bertz CT molecular complexity index is 806. The van der Waals surface area contributed by atoms with Gasteiger partial charge in [-0.3, -0.25) is 4.68 Å². The van der Waals surface area contributed by atoms with E-state index >= 15 is 0 Å². The lowest BCUT2D eigenvalue weighted by Crippen LogP contribution is -2.43. The van der Waals surface area contributed by atoms with E-state index in [9.17, 15) is 4.79 Å². The predicted octanol–water partition coefficient (Wildman–Crippen LogP) is 3.60. The maximum absolute atomic E-state index is 12.6. The topological polar surface area (TPSA) is 50.2 Å². The molecule has 5 heteroatoms. The highest BCUT2D eigenvalue weighted by molar-refractivity contribution is 5.77. The van der Waals surface area contributed by atoms with E-state index < -0.39 is 0 Å². The second-order valence-corrected chi connectivity index (χ2v) is 6.77. The van der Waals surface area contributed by atoms with Gasteiger partial charge < -0.3 is 10.2 Å². The summed E-state index contributed by atoms with van der Waals surface area (Å²) in [5.41, 5.74) is 5.99. The summed E-state index contributed by atoms with van der Waals surface area (Å²) in [6, 6.07) is 8.46. The Kier molecular flexibility index (Phi) is 4.93. The van der Waals surface area contributed by atoms with Crippen molar-refractivity contribution in [2.45, 2.75) is 33.2 Å². The molecule has 132 valence electrons. The third kappa shape index (κ3) is 3.76. The molecule has 1 atom stereocenters. The molecule has 1 aliphatic rings. The molecule has 5 nitrogen and oxygen atoms in total. The van der Waals surface area contributed by atoms with E-state index in [1.54, 1.807) is 0 Å². The van der Waals surface area contributed by atoms with Crippen LogP contribution >= 0.6 is 0 Å². The number of urea groups is 1. The van der Waals surface area contributed by atoms with Crippen LogP contribution in [0, 0.1) is 13.8 Å². The molecule has 1 N–H and O–H groups in total. The first-order chi connectivity index (χ1) is 12.0. The standard InChI is InChI=1S/C20H26N4O/c1-14-6-5-7-18(12-14)17-8-10-24(11-9-17)20(25)22-15(2)19-13-21-23(4)16(19)3/h5-8,12-13,15H,9-11H2,1-4H3,(H,22,25). The van der Waals surface area contributed by atoms with Crippen LogP contribution in [0.4, 0.5) is 4.79 Å². The summed E-state index contributed by atoms with van der Waals surface area (Å²) in [5, 5.41) is 7.34. The van der Waals surface area contributed by atoms with Gasteiger partial charge in [0.05, 0.1) is 12.2 Å². The van der Waals surface area contributed by atoms with Crippen LogP contribution in [-0.2, 0) is 7.05 Å². The van der Waals surface area contributed by atoms with Crippen LogP contribution < -0.4 is 5.32 Å². The van der Waals surface area contributed by atoms with Crippen molar-refractivity contribution < 1.29 is 4.79 Å². The van der Waals surface area contributed by atoms with E-state index in [2.05, 4.69) is 47.7 Å². The van der Waals surface area contributed by atoms with Crippen LogP contribution in [0.1, 0.15) is 41.8 Å². The fourth-order valence-electron chi connectivity index (χ4n) is 3.26. The van der Waals surface area contributed by atoms with Crippen molar-refractivity contribution in [3.63, 3.8) is 0 Å². The second-order valence-electron chi connectivity index (χ2n) is 6.77. The second kappa shape index (κ2) is 7.13. The number of benzene rings is 1. The van der Waals surface area contributed by atoms with Crippen LogP contribution in [0.25, 0.3) is 5.57 Å². The monoisotopic (exact) mass is 338 g/mol. The molecule has 2 aromatic rings.